The first kappa shape index (κ1) is 11.5. The molecular formula is C13H16N4. The largest absolute Gasteiger partial charge is 0.366 e. The highest BCUT2D eigenvalue weighted by atomic mass is 15.0. The number of nitrogens with zero attached hydrogens (tertiary/aromatic N) is 2. The van der Waals surface area contributed by atoms with Crippen LogP contribution in [0.3, 0.4) is 0 Å². The molecule has 0 aliphatic carbocycles. The molecule has 0 saturated carbocycles. The van der Waals surface area contributed by atoms with Crippen molar-refractivity contribution in [2.45, 2.75) is 20.0 Å². The highest BCUT2D eigenvalue weighted by molar-refractivity contribution is 5.36. The Morgan fingerprint density at radius 1 is 1.24 bits per heavy atom. The lowest BCUT2D eigenvalue weighted by Crippen LogP contribution is -2.07. The van der Waals surface area contributed by atoms with Crippen molar-refractivity contribution >= 4 is 5.82 Å². The van der Waals surface area contributed by atoms with Crippen LogP contribution in [0.15, 0.2) is 36.5 Å². The first-order valence-corrected chi connectivity index (χ1v) is 5.60. The third-order valence-corrected chi connectivity index (χ3v) is 2.61. The Bertz CT molecular complexity index is 496. The van der Waals surface area contributed by atoms with Crippen LogP contribution in [-0.2, 0) is 13.1 Å². The van der Waals surface area contributed by atoms with Gasteiger partial charge in [-0.3, -0.25) is 0 Å². The van der Waals surface area contributed by atoms with Gasteiger partial charge in [-0.15, -0.1) is 0 Å². The lowest BCUT2D eigenvalue weighted by atomic mass is 10.1. The van der Waals surface area contributed by atoms with Crippen molar-refractivity contribution in [3.8, 4) is 0 Å². The van der Waals surface area contributed by atoms with Gasteiger partial charge in [-0.1, -0.05) is 24.3 Å². The van der Waals surface area contributed by atoms with Crippen LogP contribution < -0.4 is 11.1 Å². The van der Waals surface area contributed by atoms with Gasteiger partial charge in [0.25, 0.3) is 0 Å². The smallest absolute Gasteiger partial charge is 0.144 e. The molecule has 0 bridgehead atoms. The lowest BCUT2D eigenvalue weighted by Gasteiger charge is -2.08. The highest BCUT2D eigenvalue weighted by Crippen LogP contribution is 2.09. The van der Waals surface area contributed by atoms with Crippen LogP contribution in [0, 0.1) is 6.92 Å². The van der Waals surface area contributed by atoms with E-state index in [0.29, 0.717) is 12.4 Å². The van der Waals surface area contributed by atoms with Crippen LogP contribution in [0.2, 0.25) is 0 Å². The maximum absolute atomic E-state index is 5.50. The van der Waals surface area contributed by atoms with Gasteiger partial charge in [0.05, 0.1) is 6.54 Å². The molecule has 1 aromatic carbocycles. The fourth-order valence-corrected chi connectivity index (χ4v) is 1.59. The number of aryl methyl sites for hydroxylation is 1. The van der Waals surface area contributed by atoms with Gasteiger partial charge in [0.15, 0.2) is 0 Å². The van der Waals surface area contributed by atoms with E-state index in [0.717, 1.165) is 12.4 Å². The van der Waals surface area contributed by atoms with Gasteiger partial charge in [-0.25, -0.2) is 9.97 Å². The van der Waals surface area contributed by atoms with E-state index in [9.17, 15) is 0 Å². The molecule has 1 heterocycles. The molecule has 0 atom stereocenters. The molecule has 0 unspecified atom stereocenters. The zero-order valence-electron chi connectivity index (χ0n) is 9.85. The van der Waals surface area contributed by atoms with Gasteiger partial charge in [-0.2, -0.15) is 0 Å². The summed E-state index contributed by atoms with van der Waals surface area (Å²) in [4.78, 5) is 8.34. The number of nitrogens with two attached hydrogens (primary N) is 1. The molecule has 3 N–H and O–H groups in total. The molecule has 2 rings (SSSR count). The maximum atomic E-state index is 5.50. The Morgan fingerprint density at radius 2 is 2.06 bits per heavy atom. The molecule has 0 aliphatic rings. The normalized spacial score (nSPS) is 10.2. The quantitative estimate of drug-likeness (QED) is 0.838. The average molecular weight is 228 g/mol. The number of hydrogen-bond acceptors (Lipinski definition) is 4. The standard InChI is InChI=1S/C13H16N4/c1-10-4-2-3-5-11(10)9-16-12-6-7-15-13(8-14)17-12/h2-7H,8-9,14H2,1H3,(H,15,16,17). The summed E-state index contributed by atoms with van der Waals surface area (Å²) < 4.78 is 0. The Hall–Kier alpha value is -1.94. The van der Waals surface area contributed by atoms with Gasteiger partial charge in [0.1, 0.15) is 11.6 Å². The molecule has 0 aliphatic heterocycles. The fraction of sp³-hybridized carbons (Fsp3) is 0.231. The van der Waals surface area contributed by atoms with E-state index in [1.54, 1.807) is 6.20 Å². The second-order valence-electron chi connectivity index (χ2n) is 3.84. The lowest BCUT2D eigenvalue weighted by molar-refractivity contribution is 0.904. The van der Waals surface area contributed by atoms with Crippen molar-refractivity contribution in [1.82, 2.24) is 9.97 Å². The van der Waals surface area contributed by atoms with Crippen molar-refractivity contribution in [3.63, 3.8) is 0 Å². The maximum Gasteiger partial charge on any atom is 0.144 e. The van der Waals surface area contributed by atoms with Crippen molar-refractivity contribution in [3.05, 3.63) is 53.5 Å². The Kier molecular flexibility index (Phi) is 3.67. The number of anilines is 1. The third kappa shape index (κ3) is 3.01. The molecule has 0 fully saturated rings. The summed E-state index contributed by atoms with van der Waals surface area (Å²) in [7, 11) is 0. The van der Waals surface area contributed by atoms with Crippen molar-refractivity contribution < 1.29 is 0 Å². The van der Waals surface area contributed by atoms with Gasteiger partial charge in [0.2, 0.25) is 0 Å². The first-order chi connectivity index (χ1) is 8.29. The average Bonchev–Trinajstić information content (AvgIpc) is 2.38. The van der Waals surface area contributed by atoms with Crippen LogP contribution in [-0.4, -0.2) is 9.97 Å². The Balaban J connectivity index is 2.05. The molecule has 0 spiro atoms. The molecule has 17 heavy (non-hydrogen) atoms. The number of hydrogen-bond donors (Lipinski definition) is 2. The molecule has 4 nitrogen and oxygen atoms in total. The minimum atomic E-state index is 0.361. The van der Waals surface area contributed by atoms with Crippen LogP contribution >= 0.6 is 0 Å². The molecule has 0 radical (unpaired) electrons. The summed E-state index contributed by atoms with van der Waals surface area (Å²) in [6, 6.07) is 10.1. The number of benzene rings is 1. The van der Waals surface area contributed by atoms with E-state index in [-0.39, 0.29) is 0 Å². The third-order valence-electron chi connectivity index (χ3n) is 2.61. The number of aromatic nitrogens is 2. The van der Waals surface area contributed by atoms with Crippen molar-refractivity contribution in [1.29, 1.82) is 0 Å². The van der Waals surface area contributed by atoms with Gasteiger partial charge < -0.3 is 11.1 Å². The van der Waals surface area contributed by atoms with E-state index in [4.69, 9.17) is 5.73 Å². The SMILES string of the molecule is Cc1ccccc1CNc1ccnc(CN)n1. The van der Waals surface area contributed by atoms with E-state index < -0.39 is 0 Å². The van der Waals surface area contributed by atoms with E-state index in [1.165, 1.54) is 11.1 Å². The second-order valence-corrected chi connectivity index (χ2v) is 3.84. The summed E-state index contributed by atoms with van der Waals surface area (Å²) in [5, 5.41) is 3.27. The molecule has 2 aromatic rings. The minimum absolute atomic E-state index is 0.361. The second kappa shape index (κ2) is 5.41. The molecule has 88 valence electrons. The van der Waals surface area contributed by atoms with Gasteiger partial charge >= 0.3 is 0 Å². The van der Waals surface area contributed by atoms with Gasteiger partial charge in [0, 0.05) is 12.7 Å². The summed E-state index contributed by atoms with van der Waals surface area (Å²) >= 11 is 0. The van der Waals surface area contributed by atoms with Crippen molar-refractivity contribution in [2.75, 3.05) is 5.32 Å². The number of rotatable bonds is 4. The molecule has 0 amide bonds. The predicted molar refractivity (Wildman–Crippen MR) is 68.4 cm³/mol. The molecular weight excluding hydrogens is 212 g/mol. The van der Waals surface area contributed by atoms with Gasteiger partial charge in [-0.05, 0) is 24.1 Å². The van der Waals surface area contributed by atoms with E-state index >= 15 is 0 Å². The summed E-state index contributed by atoms with van der Waals surface area (Å²) in [6.45, 7) is 3.22. The summed E-state index contributed by atoms with van der Waals surface area (Å²) in [5.41, 5.74) is 8.03. The van der Waals surface area contributed by atoms with Crippen LogP contribution in [0.4, 0.5) is 5.82 Å². The van der Waals surface area contributed by atoms with E-state index in [2.05, 4.69) is 34.3 Å². The van der Waals surface area contributed by atoms with Crippen LogP contribution in [0.5, 0.6) is 0 Å². The summed E-state index contributed by atoms with van der Waals surface area (Å²) in [6.07, 6.45) is 1.72. The van der Waals surface area contributed by atoms with Crippen LogP contribution in [0.1, 0.15) is 17.0 Å². The molecule has 1 aromatic heterocycles. The Morgan fingerprint density at radius 3 is 2.82 bits per heavy atom. The highest BCUT2D eigenvalue weighted by Gasteiger charge is 1.99. The van der Waals surface area contributed by atoms with Crippen molar-refractivity contribution in [2.24, 2.45) is 5.73 Å². The zero-order valence-corrected chi connectivity index (χ0v) is 9.85. The topological polar surface area (TPSA) is 63.8 Å². The van der Waals surface area contributed by atoms with Crippen LogP contribution in [0.25, 0.3) is 0 Å². The zero-order chi connectivity index (χ0) is 12.1. The predicted octanol–water partition coefficient (Wildman–Crippen LogP) is 1.86. The van der Waals surface area contributed by atoms with E-state index in [1.807, 2.05) is 18.2 Å². The molecule has 0 saturated heterocycles. The fourth-order valence-electron chi connectivity index (χ4n) is 1.59. The Labute approximate surface area is 101 Å². The monoisotopic (exact) mass is 228 g/mol. The first-order valence-electron chi connectivity index (χ1n) is 5.60. The molecule has 4 heteroatoms. The minimum Gasteiger partial charge on any atom is -0.366 e. The summed E-state index contributed by atoms with van der Waals surface area (Å²) in [5.74, 6) is 1.46. The number of nitrogens with one attached hydrogen (secondary N) is 1.